The fourth-order valence-electron chi connectivity index (χ4n) is 1.56. The van der Waals surface area contributed by atoms with Gasteiger partial charge in [0.1, 0.15) is 9.84 Å². The van der Waals surface area contributed by atoms with Crippen molar-refractivity contribution in [1.29, 1.82) is 0 Å². The van der Waals surface area contributed by atoms with E-state index in [9.17, 15) is 8.42 Å². The number of benzene rings is 1. The highest BCUT2D eigenvalue weighted by Crippen LogP contribution is 2.25. The van der Waals surface area contributed by atoms with Gasteiger partial charge in [0.05, 0.1) is 5.75 Å². The Kier molecular flexibility index (Phi) is 5.97. The molecule has 0 aliphatic carbocycles. The molecular weight excluding hydrogens is 324 g/mol. The van der Waals surface area contributed by atoms with Crippen molar-refractivity contribution >= 4 is 37.4 Å². The van der Waals surface area contributed by atoms with Gasteiger partial charge in [-0.15, -0.1) is 0 Å². The first-order chi connectivity index (χ1) is 7.98. The van der Waals surface area contributed by atoms with Gasteiger partial charge in [-0.25, -0.2) is 8.42 Å². The van der Waals surface area contributed by atoms with Crippen molar-refractivity contribution in [3.8, 4) is 0 Å². The second kappa shape index (κ2) is 6.76. The predicted molar refractivity (Wildman–Crippen MR) is 76.9 cm³/mol. The Morgan fingerprint density at radius 3 is 2.65 bits per heavy atom. The highest BCUT2D eigenvalue weighted by molar-refractivity contribution is 9.09. The molecule has 5 heteroatoms. The molecule has 0 heterocycles. The fourth-order valence-corrected chi connectivity index (χ4v) is 3.39. The van der Waals surface area contributed by atoms with Gasteiger partial charge in [-0.05, 0) is 30.0 Å². The first-order valence-corrected chi connectivity index (χ1v) is 8.82. The summed E-state index contributed by atoms with van der Waals surface area (Å²) < 4.78 is 23.0. The van der Waals surface area contributed by atoms with Gasteiger partial charge in [-0.1, -0.05) is 46.6 Å². The summed E-state index contributed by atoms with van der Waals surface area (Å²) in [6.45, 7) is 1.68. The molecule has 0 aromatic heterocycles. The van der Waals surface area contributed by atoms with Crippen LogP contribution in [0.4, 0.5) is 0 Å². The number of rotatable bonds is 6. The second-order valence-corrected chi connectivity index (χ2v) is 7.49. The average Bonchev–Trinajstić information content (AvgIpc) is 2.30. The van der Waals surface area contributed by atoms with Crippen molar-refractivity contribution < 1.29 is 8.42 Å². The third-order valence-electron chi connectivity index (χ3n) is 2.72. The van der Waals surface area contributed by atoms with Gasteiger partial charge in [0, 0.05) is 16.1 Å². The van der Waals surface area contributed by atoms with Crippen LogP contribution in [0.15, 0.2) is 24.3 Å². The van der Waals surface area contributed by atoms with Crippen LogP contribution < -0.4 is 0 Å². The lowest BCUT2D eigenvalue weighted by molar-refractivity contribution is 0.590. The molecule has 1 aromatic carbocycles. The molecule has 0 fully saturated rings. The van der Waals surface area contributed by atoms with Crippen LogP contribution in [-0.2, 0) is 9.84 Å². The van der Waals surface area contributed by atoms with E-state index in [0.29, 0.717) is 11.4 Å². The molecule has 0 spiro atoms. The van der Waals surface area contributed by atoms with E-state index in [2.05, 4.69) is 15.9 Å². The van der Waals surface area contributed by atoms with Crippen molar-refractivity contribution in [2.24, 2.45) is 0 Å². The van der Waals surface area contributed by atoms with Crippen molar-refractivity contribution in [3.63, 3.8) is 0 Å². The molecule has 17 heavy (non-hydrogen) atoms. The molecule has 0 N–H and O–H groups in total. The van der Waals surface area contributed by atoms with Crippen LogP contribution >= 0.6 is 27.5 Å². The molecule has 0 aliphatic rings. The minimum atomic E-state index is -2.90. The van der Waals surface area contributed by atoms with Crippen LogP contribution in [0.25, 0.3) is 0 Å². The molecule has 0 amide bonds. The molecule has 0 bridgehead atoms. The van der Waals surface area contributed by atoms with E-state index in [4.69, 9.17) is 11.6 Å². The minimum absolute atomic E-state index is 0.190. The summed E-state index contributed by atoms with van der Waals surface area (Å²) in [5, 5.41) is 1.43. The van der Waals surface area contributed by atoms with E-state index < -0.39 is 9.84 Å². The van der Waals surface area contributed by atoms with E-state index >= 15 is 0 Å². The van der Waals surface area contributed by atoms with Crippen molar-refractivity contribution in [2.45, 2.75) is 19.3 Å². The number of hydrogen-bond donors (Lipinski definition) is 0. The number of alkyl halides is 1. The maximum atomic E-state index is 11.5. The van der Waals surface area contributed by atoms with Crippen molar-refractivity contribution in [3.05, 3.63) is 34.9 Å². The van der Waals surface area contributed by atoms with Gasteiger partial charge < -0.3 is 0 Å². The Hall–Kier alpha value is -0.0600. The standard InChI is InChI=1S/C12H16BrClO2S/c1-2-17(15,16)7-6-11(9-13)10-4-3-5-12(14)8-10/h3-5,8,11H,2,6-7,9H2,1H3. The number of sulfone groups is 1. The lowest BCUT2D eigenvalue weighted by atomic mass is 9.99. The second-order valence-electron chi connectivity index (χ2n) is 3.93. The maximum absolute atomic E-state index is 11.5. The Labute approximate surface area is 116 Å². The Balaban J connectivity index is 2.73. The summed E-state index contributed by atoms with van der Waals surface area (Å²) in [7, 11) is -2.90. The quantitative estimate of drug-likeness (QED) is 0.741. The van der Waals surface area contributed by atoms with E-state index in [1.54, 1.807) is 6.92 Å². The Bertz CT molecular complexity index is 459. The summed E-state index contributed by atoms with van der Waals surface area (Å²) in [5.41, 5.74) is 1.08. The predicted octanol–water partition coefficient (Wildman–Crippen LogP) is 3.64. The van der Waals surface area contributed by atoms with Crippen LogP contribution in [0, 0.1) is 0 Å². The molecular formula is C12H16BrClO2S. The van der Waals surface area contributed by atoms with Gasteiger partial charge >= 0.3 is 0 Å². The SMILES string of the molecule is CCS(=O)(=O)CCC(CBr)c1cccc(Cl)c1. The van der Waals surface area contributed by atoms with Gasteiger partial charge in [0.15, 0.2) is 0 Å². The van der Waals surface area contributed by atoms with Crippen LogP contribution in [0.5, 0.6) is 0 Å². The Morgan fingerprint density at radius 1 is 1.41 bits per heavy atom. The molecule has 1 aromatic rings. The van der Waals surface area contributed by atoms with Crippen LogP contribution in [-0.4, -0.2) is 25.3 Å². The molecule has 0 saturated carbocycles. The molecule has 1 rings (SSSR count). The monoisotopic (exact) mass is 338 g/mol. The van der Waals surface area contributed by atoms with E-state index in [-0.39, 0.29) is 17.4 Å². The summed E-state index contributed by atoms with van der Waals surface area (Å²) in [6, 6.07) is 7.59. The average molecular weight is 340 g/mol. The Morgan fingerprint density at radius 2 is 2.12 bits per heavy atom. The van der Waals surface area contributed by atoms with Crippen molar-refractivity contribution in [2.75, 3.05) is 16.8 Å². The summed E-state index contributed by atoms with van der Waals surface area (Å²) in [5.74, 6) is 0.624. The van der Waals surface area contributed by atoms with Crippen LogP contribution in [0.1, 0.15) is 24.8 Å². The third-order valence-corrected chi connectivity index (χ3v) is 5.48. The highest BCUT2D eigenvalue weighted by atomic mass is 79.9. The smallest absolute Gasteiger partial charge is 0.150 e. The molecule has 2 nitrogen and oxygen atoms in total. The van der Waals surface area contributed by atoms with Crippen molar-refractivity contribution in [1.82, 2.24) is 0 Å². The zero-order valence-electron chi connectivity index (χ0n) is 9.70. The topological polar surface area (TPSA) is 34.1 Å². The lowest BCUT2D eigenvalue weighted by Crippen LogP contribution is -2.13. The molecule has 1 unspecified atom stereocenters. The van der Waals surface area contributed by atoms with Gasteiger partial charge in [-0.2, -0.15) is 0 Å². The number of halogens is 2. The summed E-state index contributed by atoms with van der Waals surface area (Å²) in [6.07, 6.45) is 0.627. The fraction of sp³-hybridized carbons (Fsp3) is 0.500. The van der Waals surface area contributed by atoms with Crippen LogP contribution in [0.2, 0.25) is 5.02 Å². The van der Waals surface area contributed by atoms with Gasteiger partial charge in [0.2, 0.25) is 0 Å². The zero-order chi connectivity index (χ0) is 12.9. The first kappa shape index (κ1) is 15.0. The molecule has 1 atom stereocenters. The number of hydrogen-bond acceptors (Lipinski definition) is 2. The maximum Gasteiger partial charge on any atom is 0.150 e. The van der Waals surface area contributed by atoms with E-state index in [1.807, 2.05) is 24.3 Å². The molecule has 0 aliphatic heterocycles. The first-order valence-electron chi connectivity index (χ1n) is 5.50. The van der Waals surface area contributed by atoms with Gasteiger partial charge in [0.25, 0.3) is 0 Å². The zero-order valence-corrected chi connectivity index (χ0v) is 12.9. The summed E-state index contributed by atoms with van der Waals surface area (Å²) >= 11 is 9.36. The molecule has 0 radical (unpaired) electrons. The van der Waals surface area contributed by atoms with Crippen LogP contribution in [0.3, 0.4) is 0 Å². The minimum Gasteiger partial charge on any atom is -0.229 e. The van der Waals surface area contributed by atoms with Gasteiger partial charge in [-0.3, -0.25) is 0 Å². The summed E-state index contributed by atoms with van der Waals surface area (Å²) in [4.78, 5) is 0. The largest absolute Gasteiger partial charge is 0.229 e. The van der Waals surface area contributed by atoms with E-state index in [0.717, 1.165) is 10.9 Å². The lowest BCUT2D eigenvalue weighted by Gasteiger charge is -2.14. The molecule has 96 valence electrons. The van der Waals surface area contributed by atoms with E-state index in [1.165, 1.54) is 0 Å². The molecule has 0 saturated heterocycles. The normalized spacial score (nSPS) is 13.6. The highest BCUT2D eigenvalue weighted by Gasteiger charge is 2.15. The third kappa shape index (κ3) is 4.98.